The van der Waals surface area contributed by atoms with Gasteiger partial charge >= 0.3 is 0 Å². The predicted octanol–water partition coefficient (Wildman–Crippen LogP) is 1.96. The maximum absolute atomic E-state index is 12.8. The van der Waals surface area contributed by atoms with Gasteiger partial charge in [0.25, 0.3) is 11.8 Å². The third-order valence-electron chi connectivity index (χ3n) is 4.25. The summed E-state index contributed by atoms with van der Waals surface area (Å²) in [5.74, 6) is -1.48. The van der Waals surface area contributed by atoms with Gasteiger partial charge in [-0.05, 0) is 49.2 Å². The summed E-state index contributed by atoms with van der Waals surface area (Å²) < 4.78 is 28.2. The molecule has 29 heavy (non-hydrogen) atoms. The van der Waals surface area contributed by atoms with Crippen molar-refractivity contribution in [2.45, 2.75) is 31.4 Å². The average Bonchev–Trinajstić information content (AvgIpc) is 2.85. The average molecular weight is 416 g/mol. The minimum absolute atomic E-state index is 0.0145. The minimum atomic E-state index is -3.84. The molecular formula is C20H20N2O6S. The van der Waals surface area contributed by atoms with Crippen molar-refractivity contribution in [1.29, 1.82) is 0 Å². The van der Waals surface area contributed by atoms with Gasteiger partial charge in [-0.15, -0.1) is 0 Å². The number of carbonyl (C=O) groups excluding carboxylic acids is 2. The Labute approximate surface area is 168 Å². The first kappa shape index (κ1) is 20.6. The fraction of sp³-hybridized carbons (Fsp3) is 0.200. The molecule has 9 heteroatoms. The standard InChI is InChI=1S/C20H20N2O6S/c1-12(2)28-15-7-5-14(6-8-15)17-18(23)20(25)22(19(17)24)11-13-3-9-16(10-4-13)29(21,26)27/h3-10,12,23H,11H2,1-2H3,(H2,21,26,27). The van der Waals surface area contributed by atoms with Crippen LogP contribution in [0.3, 0.4) is 0 Å². The van der Waals surface area contributed by atoms with Crippen LogP contribution in [0.25, 0.3) is 5.57 Å². The molecule has 0 fully saturated rings. The van der Waals surface area contributed by atoms with Crippen LogP contribution in [-0.4, -0.2) is 36.3 Å². The second kappa shape index (κ2) is 7.69. The molecule has 1 aliphatic rings. The summed E-state index contributed by atoms with van der Waals surface area (Å²) in [5, 5.41) is 15.3. The molecule has 0 saturated carbocycles. The summed E-state index contributed by atoms with van der Waals surface area (Å²) in [5.41, 5.74) is 0.810. The highest BCUT2D eigenvalue weighted by Gasteiger charge is 2.39. The summed E-state index contributed by atoms with van der Waals surface area (Å²) in [7, 11) is -3.84. The van der Waals surface area contributed by atoms with Gasteiger partial charge in [0.2, 0.25) is 10.0 Å². The number of hydrogen-bond donors (Lipinski definition) is 2. The second-order valence-electron chi connectivity index (χ2n) is 6.80. The smallest absolute Gasteiger partial charge is 0.296 e. The van der Waals surface area contributed by atoms with Gasteiger partial charge in [-0.25, -0.2) is 13.6 Å². The SMILES string of the molecule is CC(C)Oc1ccc(C2=C(O)C(=O)N(Cc3ccc(S(N)(=O)=O)cc3)C2=O)cc1. The molecule has 2 aromatic carbocycles. The number of nitrogens with zero attached hydrogens (tertiary/aromatic N) is 1. The molecule has 3 N–H and O–H groups in total. The number of carbonyl (C=O) groups is 2. The van der Waals surface area contributed by atoms with E-state index in [1.807, 2.05) is 13.8 Å². The summed E-state index contributed by atoms with van der Waals surface area (Å²) >= 11 is 0. The molecule has 2 amide bonds. The Balaban J connectivity index is 1.81. The molecule has 0 aliphatic carbocycles. The molecule has 2 aromatic rings. The lowest BCUT2D eigenvalue weighted by molar-refractivity contribution is -0.138. The van der Waals surface area contributed by atoms with E-state index in [-0.39, 0.29) is 23.1 Å². The van der Waals surface area contributed by atoms with Crippen LogP contribution in [0.1, 0.15) is 25.0 Å². The minimum Gasteiger partial charge on any atom is -0.502 e. The molecule has 8 nitrogen and oxygen atoms in total. The van der Waals surface area contributed by atoms with Gasteiger partial charge < -0.3 is 9.84 Å². The van der Waals surface area contributed by atoms with Gasteiger partial charge in [0.05, 0.1) is 23.1 Å². The Bertz CT molecular complexity index is 1090. The molecular weight excluding hydrogens is 396 g/mol. The van der Waals surface area contributed by atoms with Crippen LogP contribution in [0.4, 0.5) is 0 Å². The highest BCUT2D eigenvalue weighted by molar-refractivity contribution is 7.89. The van der Waals surface area contributed by atoms with Crippen molar-refractivity contribution in [3.8, 4) is 5.75 Å². The van der Waals surface area contributed by atoms with E-state index >= 15 is 0 Å². The normalized spacial score (nSPS) is 14.8. The summed E-state index contributed by atoms with van der Waals surface area (Å²) in [4.78, 5) is 26.0. The van der Waals surface area contributed by atoms with E-state index in [0.29, 0.717) is 16.9 Å². The van der Waals surface area contributed by atoms with Crippen molar-refractivity contribution in [2.24, 2.45) is 5.14 Å². The lowest BCUT2D eigenvalue weighted by atomic mass is 10.1. The van der Waals surface area contributed by atoms with Gasteiger partial charge in [0, 0.05) is 0 Å². The number of amides is 2. The van der Waals surface area contributed by atoms with Crippen molar-refractivity contribution in [1.82, 2.24) is 4.90 Å². The number of hydrogen-bond acceptors (Lipinski definition) is 6. The third-order valence-corrected chi connectivity index (χ3v) is 5.18. The maximum Gasteiger partial charge on any atom is 0.296 e. The number of ether oxygens (including phenoxy) is 1. The van der Waals surface area contributed by atoms with Crippen molar-refractivity contribution in [3.05, 3.63) is 65.4 Å². The Morgan fingerprint density at radius 1 is 1.00 bits per heavy atom. The molecule has 3 rings (SSSR count). The van der Waals surface area contributed by atoms with Crippen LogP contribution in [0, 0.1) is 0 Å². The van der Waals surface area contributed by atoms with Crippen LogP contribution in [0.2, 0.25) is 0 Å². The predicted molar refractivity (Wildman–Crippen MR) is 105 cm³/mol. The molecule has 1 aliphatic heterocycles. The van der Waals surface area contributed by atoms with Gasteiger partial charge in [0.15, 0.2) is 5.76 Å². The molecule has 0 saturated heterocycles. The number of sulfonamides is 1. The summed E-state index contributed by atoms with van der Waals surface area (Å²) in [6.45, 7) is 3.65. The first-order valence-electron chi connectivity index (χ1n) is 8.76. The van der Waals surface area contributed by atoms with Crippen LogP contribution in [0.15, 0.2) is 59.2 Å². The molecule has 1 heterocycles. The van der Waals surface area contributed by atoms with E-state index in [4.69, 9.17) is 9.88 Å². The molecule has 0 spiro atoms. The quantitative estimate of drug-likeness (QED) is 0.693. The highest BCUT2D eigenvalue weighted by atomic mass is 32.2. The lowest BCUT2D eigenvalue weighted by Crippen LogP contribution is -2.31. The topological polar surface area (TPSA) is 127 Å². The van der Waals surface area contributed by atoms with E-state index in [2.05, 4.69) is 0 Å². The molecule has 0 unspecified atom stereocenters. The zero-order valence-electron chi connectivity index (χ0n) is 15.8. The van der Waals surface area contributed by atoms with Crippen molar-refractivity contribution in [3.63, 3.8) is 0 Å². The van der Waals surface area contributed by atoms with Crippen LogP contribution < -0.4 is 9.88 Å². The second-order valence-corrected chi connectivity index (χ2v) is 8.36. The van der Waals surface area contributed by atoms with Crippen molar-refractivity contribution < 1.29 is 27.9 Å². The van der Waals surface area contributed by atoms with Crippen LogP contribution in [0.5, 0.6) is 5.75 Å². The Morgan fingerprint density at radius 2 is 1.59 bits per heavy atom. The van der Waals surface area contributed by atoms with E-state index in [1.165, 1.54) is 24.3 Å². The fourth-order valence-corrected chi connectivity index (χ4v) is 3.42. The number of rotatable bonds is 6. The number of benzene rings is 2. The highest BCUT2D eigenvalue weighted by Crippen LogP contribution is 2.30. The third kappa shape index (κ3) is 4.30. The molecule has 152 valence electrons. The maximum atomic E-state index is 12.8. The van der Waals surface area contributed by atoms with Gasteiger partial charge in [-0.2, -0.15) is 0 Å². The zero-order valence-corrected chi connectivity index (χ0v) is 16.6. The van der Waals surface area contributed by atoms with Crippen molar-refractivity contribution >= 4 is 27.4 Å². The van der Waals surface area contributed by atoms with Gasteiger partial charge in [-0.1, -0.05) is 24.3 Å². The lowest BCUT2D eigenvalue weighted by Gasteiger charge is -2.15. The van der Waals surface area contributed by atoms with Gasteiger partial charge in [0.1, 0.15) is 5.75 Å². The van der Waals surface area contributed by atoms with Crippen molar-refractivity contribution in [2.75, 3.05) is 0 Å². The molecule has 0 bridgehead atoms. The number of aliphatic hydroxyl groups excluding tert-OH is 1. The number of aliphatic hydroxyl groups is 1. The molecule has 0 atom stereocenters. The van der Waals surface area contributed by atoms with Crippen LogP contribution in [-0.2, 0) is 26.2 Å². The van der Waals surface area contributed by atoms with Gasteiger partial charge in [-0.3, -0.25) is 14.5 Å². The van der Waals surface area contributed by atoms with E-state index in [0.717, 1.165) is 4.90 Å². The first-order chi connectivity index (χ1) is 13.6. The number of nitrogens with two attached hydrogens (primary N) is 1. The number of imide groups is 1. The summed E-state index contributed by atoms with van der Waals surface area (Å²) in [6.07, 6.45) is -0.0145. The largest absolute Gasteiger partial charge is 0.502 e. The number of primary sulfonamides is 1. The van der Waals surface area contributed by atoms with E-state index in [9.17, 15) is 23.1 Å². The Morgan fingerprint density at radius 3 is 2.10 bits per heavy atom. The Hall–Kier alpha value is -3.17. The zero-order chi connectivity index (χ0) is 21.3. The van der Waals surface area contributed by atoms with E-state index < -0.39 is 27.6 Å². The molecule has 0 radical (unpaired) electrons. The monoisotopic (exact) mass is 416 g/mol. The van der Waals surface area contributed by atoms with E-state index in [1.54, 1.807) is 24.3 Å². The fourth-order valence-electron chi connectivity index (χ4n) is 2.91. The first-order valence-corrected chi connectivity index (χ1v) is 10.3. The Kier molecular flexibility index (Phi) is 5.45. The summed E-state index contributed by atoms with van der Waals surface area (Å²) in [6, 6.07) is 12.0. The molecule has 0 aromatic heterocycles. The van der Waals surface area contributed by atoms with Crippen LogP contribution >= 0.6 is 0 Å².